The minimum atomic E-state index is 0.433. The van der Waals surface area contributed by atoms with Gasteiger partial charge >= 0.3 is 0 Å². The van der Waals surface area contributed by atoms with E-state index in [-0.39, 0.29) is 0 Å². The van der Waals surface area contributed by atoms with Crippen LogP contribution in [0.1, 0.15) is 27.2 Å². The summed E-state index contributed by atoms with van der Waals surface area (Å²) in [5, 5.41) is 0. The first-order valence-electron chi connectivity index (χ1n) is 5.22. The molecule has 1 atom stereocenters. The Morgan fingerprint density at radius 3 is 2.62 bits per heavy atom. The van der Waals surface area contributed by atoms with E-state index in [1.165, 1.54) is 26.1 Å². The van der Waals surface area contributed by atoms with Crippen molar-refractivity contribution >= 4 is 0 Å². The first-order valence-corrected chi connectivity index (χ1v) is 5.22. The highest BCUT2D eigenvalue weighted by Gasteiger charge is 2.25. The van der Waals surface area contributed by atoms with E-state index in [4.69, 9.17) is 4.74 Å². The summed E-state index contributed by atoms with van der Waals surface area (Å²) >= 11 is 0. The Labute approximate surface area is 82.3 Å². The number of likely N-dealkylation sites (tertiary alicyclic amines) is 1. The molecule has 0 aliphatic carbocycles. The maximum atomic E-state index is 5.18. The third kappa shape index (κ3) is 4.10. The molecule has 0 N–H and O–H groups in total. The molecule has 0 aromatic rings. The van der Waals surface area contributed by atoms with Gasteiger partial charge in [-0.25, -0.2) is 0 Å². The first-order chi connectivity index (χ1) is 6.01. The van der Waals surface area contributed by atoms with Gasteiger partial charge in [-0.05, 0) is 24.3 Å². The van der Waals surface area contributed by atoms with Crippen LogP contribution in [0.25, 0.3) is 0 Å². The van der Waals surface area contributed by atoms with Crippen molar-refractivity contribution in [3.05, 3.63) is 0 Å². The maximum absolute atomic E-state index is 5.18. The van der Waals surface area contributed by atoms with Crippen LogP contribution in [0.3, 0.4) is 0 Å². The zero-order valence-electron chi connectivity index (χ0n) is 9.47. The molecule has 13 heavy (non-hydrogen) atoms. The molecule has 2 heteroatoms. The first kappa shape index (κ1) is 11.0. The summed E-state index contributed by atoms with van der Waals surface area (Å²) in [6.45, 7) is 11.5. The topological polar surface area (TPSA) is 12.5 Å². The van der Waals surface area contributed by atoms with Gasteiger partial charge in [0.15, 0.2) is 0 Å². The van der Waals surface area contributed by atoms with Crippen LogP contribution < -0.4 is 0 Å². The van der Waals surface area contributed by atoms with Crippen LogP contribution in [0.4, 0.5) is 0 Å². The number of rotatable bonds is 3. The SMILES string of the molecule is COCC1CCN(CC(C)(C)C)C1. The predicted molar refractivity (Wildman–Crippen MR) is 55.9 cm³/mol. The molecule has 1 rings (SSSR count). The highest BCUT2D eigenvalue weighted by atomic mass is 16.5. The molecule has 0 bridgehead atoms. The second kappa shape index (κ2) is 4.43. The molecule has 78 valence electrons. The largest absolute Gasteiger partial charge is 0.384 e. The summed E-state index contributed by atoms with van der Waals surface area (Å²) in [5.74, 6) is 0.771. The lowest BCUT2D eigenvalue weighted by Gasteiger charge is -2.26. The van der Waals surface area contributed by atoms with E-state index in [0.717, 1.165) is 12.5 Å². The summed E-state index contributed by atoms with van der Waals surface area (Å²) < 4.78 is 5.18. The van der Waals surface area contributed by atoms with Gasteiger partial charge < -0.3 is 9.64 Å². The second-order valence-corrected chi connectivity index (χ2v) is 5.41. The van der Waals surface area contributed by atoms with Gasteiger partial charge in [0.1, 0.15) is 0 Å². The van der Waals surface area contributed by atoms with Crippen LogP contribution in [0.5, 0.6) is 0 Å². The van der Waals surface area contributed by atoms with Crippen LogP contribution >= 0.6 is 0 Å². The molecule has 0 aromatic carbocycles. The molecule has 1 fully saturated rings. The molecule has 1 heterocycles. The van der Waals surface area contributed by atoms with Crippen molar-refractivity contribution in [2.45, 2.75) is 27.2 Å². The summed E-state index contributed by atoms with van der Waals surface area (Å²) in [6, 6.07) is 0. The van der Waals surface area contributed by atoms with E-state index >= 15 is 0 Å². The molecular weight excluding hydrogens is 162 g/mol. The quantitative estimate of drug-likeness (QED) is 0.667. The Morgan fingerprint density at radius 2 is 2.08 bits per heavy atom. The number of nitrogens with zero attached hydrogens (tertiary/aromatic N) is 1. The Balaban J connectivity index is 2.25. The van der Waals surface area contributed by atoms with E-state index in [2.05, 4.69) is 25.7 Å². The molecule has 0 spiro atoms. The summed E-state index contributed by atoms with van der Waals surface area (Å²) in [4.78, 5) is 2.56. The lowest BCUT2D eigenvalue weighted by molar-refractivity contribution is 0.147. The van der Waals surface area contributed by atoms with Crippen molar-refractivity contribution in [3.63, 3.8) is 0 Å². The molecule has 1 aliphatic rings. The summed E-state index contributed by atoms with van der Waals surface area (Å²) in [5.41, 5.74) is 0.433. The molecule has 0 saturated carbocycles. The minimum absolute atomic E-state index is 0.433. The highest BCUT2D eigenvalue weighted by Crippen LogP contribution is 2.22. The second-order valence-electron chi connectivity index (χ2n) is 5.41. The molecule has 1 unspecified atom stereocenters. The molecule has 0 aromatic heterocycles. The van der Waals surface area contributed by atoms with Crippen molar-refractivity contribution in [2.24, 2.45) is 11.3 Å². The van der Waals surface area contributed by atoms with Gasteiger partial charge in [-0.1, -0.05) is 20.8 Å². The van der Waals surface area contributed by atoms with Gasteiger partial charge in [0.25, 0.3) is 0 Å². The molecule has 1 saturated heterocycles. The van der Waals surface area contributed by atoms with Gasteiger partial charge in [-0.2, -0.15) is 0 Å². The van der Waals surface area contributed by atoms with Crippen LogP contribution in [0, 0.1) is 11.3 Å². The zero-order valence-corrected chi connectivity index (χ0v) is 9.47. The fourth-order valence-corrected chi connectivity index (χ4v) is 2.10. The van der Waals surface area contributed by atoms with Crippen molar-refractivity contribution in [1.82, 2.24) is 4.90 Å². The zero-order chi connectivity index (χ0) is 9.90. The molecule has 2 nitrogen and oxygen atoms in total. The van der Waals surface area contributed by atoms with Crippen molar-refractivity contribution in [3.8, 4) is 0 Å². The Bertz CT molecular complexity index is 151. The van der Waals surface area contributed by atoms with E-state index in [1.54, 1.807) is 7.11 Å². The van der Waals surface area contributed by atoms with Gasteiger partial charge in [-0.15, -0.1) is 0 Å². The molecule has 0 amide bonds. The van der Waals surface area contributed by atoms with Crippen LogP contribution in [0.2, 0.25) is 0 Å². The fraction of sp³-hybridized carbons (Fsp3) is 1.00. The van der Waals surface area contributed by atoms with Crippen molar-refractivity contribution in [1.29, 1.82) is 0 Å². The Morgan fingerprint density at radius 1 is 1.38 bits per heavy atom. The van der Waals surface area contributed by atoms with E-state index in [1.807, 2.05) is 0 Å². The molecule has 1 aliphatic heterocycles. The minimum Gasteiger partial charge on any atom is -0.384 e. The lowest BCUT2D eigenvalue weighted by atomic mass is 9.96. The fourth-order valence-electron chi connectivity index (χ4n) is 2.10. The normalized spacial score (nSPS) is 25.4. The standard InChI is InChI=1S/C11H23NO/c1-11(2,3)9-12-6-5-10(7-12)8-13-4/h10H,5-9H2,1-4H3. The lowest BCUT2D eigenvalue weighted by Crippen LogP contribution is -2.31. The number of hydrogen-bond acceptors (Lipinski definition) is 2. The predicted octanol–water partition coefficient (Wildman–Crippen LogP) is 2.00. The van der Waals surface area contributed by atoms with Crippen molar-refractivity contribution < 1.29 is 4.74 Å². The monoisotopic (exact) mass is 185 g/mol. The number of hydrogen-bond donors (Lipinski definition) is 0. The number of ether oxygens (including phenoxy) is 1. The van der Waals surface area contributed by atoms with Crippen LogP contribution in [-0.2, 0) is 4.74 Å². The smallest absolute Gasteiger partial charge is 0.0503 e. The Kier molecular flexibility index (Phi) is 3.74. The Hall–Kier alpha value is -0.0800. The van der Waals surface area contributed by atoms with Gasteiger partial charge in [0, 0.05) is 20.2 Å². The summed E-state index contributed by atoms with van der Waals surface area (Å²) in [6.07, 6.45) is 1.31. The average Bonchev–Trinajstić information content (AvgIpc) is 2.33. The maximum Gasteiger partial charge on any atom is 0.0503 e. The van der Waals surface area contributed by atoms with Crippen LogP contribution in [0.15, 0.2) is 0 Å². The van der Waals surface area contributed by atoms with E-state index in [9.17, 15) is 0 Å². The summed E-state index contributed by atoms with van der Waals surface area (Å²) in [7, 11) is 1.80. The van der Waals surface area contributed by atoms with Gasteiger partial charge in [0.2, 0.25) is 0 Å². The average molecular weight is 185 g/mol. The highest BCUT2D eigenvalue weighted by molar-refractivity contribution is 4.78. The third-order valence-electron chi connectivity index (χ3n) is 2.47. The van der Waals surface area contributed by atoms with Crippen LogP contribution in [-0.4, -0.2) is 38.3 Å². The van der Waals surface area contributed by atoms with E-state index in [0.29, 0.717) is 5.41 Å². The van der Waals surface area contributed by atoms with E-state index < -0.39 is 0 Å². The third-order valence-corrected chi connectivity index (χ3v) is 2.47. The molecule has 0 radical (unpaired) electrons. The van der Waals surface area contributed by atoms with Crippen molar-refractivity contribution in [2.75, 3.05) is 33.4 Å². The van der Waals surface area contributed by atoms with Gasteiger partial charge in [0.05, 0.1) is 6.61 Å². The molecular formula is C11H23NO. The number of methoxy groups -OCH3 is 1. The van der Waals surface area contributed by atoms with Gasteiger partial charge in [-0.3, -0.25) is 0 Å².